The number of rotatable bonds is 3. The van der Waals surface area contributed by atoms with Crippen LogP contribution in [0.4, 0.5) is 10.5 Å². The normalized spacial score (nSPS) is 16.5. The van der Waals surface area contributed by atoms with Crippen LogP contribution < -0.4 is 10.2 Å². The third kappa shape index (κ3) is 3.47. The summed E-state index contributed by atoms with van der Waals surface area (Å²) in [6, 6.07) is 14.0. The zero-order chi connectivity index (χ0) is 18.7. The molecule has 1 fully saturated rings. The van der Waals surface area contributed by atoms with E-state index < -0.39 is 17.8 Å². The lowest BCUT2D eigenvalue weighted by Crippen LogP contribution is -2.54. The van der Waals surface area contributed by atoms with Crippen LogP contribution in [0.5, 0.6) is 0 Å². The molecule has 0 aliphatic carbocycles. The second-order valence-corrected chi connectivity index (χ2v) is 6.02. The molecule has 0 saturated carbocycles. The first-order valence-electron chi connectivity index (χ1n) is 8.18. The van der Waals surface area contributed by atoms with Gasteiger partial charge in [0.2, 0.25) is 0 Å². The minimum Gasteiger partial charge on any atom is -0.273 e. The van der Waals surface area contributed by atoms with Crippen molar-refractivity contribution in [3.8, 4) is 0 Å². The van der Waals surface area contributed by atoms with Crippen molar-refractivity contribution in [3.63, 3.8) is 0 Å². The molecule has 130 valence electrons. The van der Waals surface area contributed by atoms with Crippen molar-refractivity contribution in [2.45, 2.75) is 13.8 Å². The molecule has 5 heteroatoms. The molecule has 3 rings (SSSR count). The van der Waals surface area contributed by atoms with Crippen LogP contribution in [0.25, 0.3) is 6.08 Å². The molecule has 1 aliphatic rings. The van der Waals surface area contributed by atoms with Gasteiger partial charge < -0.3 is 0 Å². The van der Waals surface area contributed by atoms with Crippen LogP contribution in [0.1, 0.15) is 16.7 Å². The van der Waals surface area contributed by atoms with E-state index >= 15 is 0 Å². The highest BCUT2D eigenvalue weighted by molar-refractivity contribution is 6.37. The third-order valence-corrected chi connectivity index (χ3v) is 4.20. The van der Waals surface area contributed by atoms with Gasteiger partial charge in [0.15, 0.2) is 0 Å². The fourth-order valence-corrected chi connectivity index (χ4v) is 2.60. The monoisotopic (exact) mass is 346 g/mol. The first-order chi connectivity index (χ1) is 12.5. The van der Waals surface area contributed by atoms with Crippen LogP contribution in [0.15, 0.2) is 66.3 Å². The largest absolute Gasteiger partial charge is 0.335 e. The Hall–Kier alpha value is -3.47. The summed E-state index contributed by atoms with van der Waals surface area (Å²) in [6.07, 6.45) is 4.83. The van der Waals surface area contributed by atoms with Crippen LogP contribution in [-0.2, 0) is 9.59 Å². The molecule has 0 spiro atoms. The predicted molar refractivity (Wildman–Crippen MR) is 100 cm³/mol. The number of aryl methyl sites for hydroxylation is 2. The van der Waals surface area contributed by atoms with E-state index in [9.17, 15) is 14.4 Å². The summed E-state index contributed by atoms with van der Waals surface area (Å²) >= 11 is 0. The fraction of sp³-hybridized carbons (Fsp3) is 0.0952. The van der Waals surface area contributed by atoms with Crippen molar-refractivity contribution in [2.75, 3.05) is 4.90 Å². The van der Waals surface area contributed by atoms with Crippen molar-refractivity contribution < 1.29 is 14.4 Å². The first-order valence-corrected chi connectivity index (χ1v) is 8.18. The number of amides is 4. The number of hydrogen-bond donors (Lipinski definition) is 1. The number of anilines is 1. The van der Waals surface area contributed by atoms with Gasteiger partial charge in [-0.15, -0.1) is 0 Å². The highest BCUT2D eigenvalue weighted by Crippen LogP contribution is 2.23. The van der Waals surface area contributed by atoms with Crippen molar-refractivity contribution in [1.82, 2.24) is 5.32 Å². The molecule has 0 bridgehead atoms. The molecule has 1 N–H and O–H groups in total. The molecular formula is C21H18N2O3. The zero-order valence-corrected chi connectivity index (χ0v) is 14.5. The van der Waals surface area contributed by atoms with Gasteiger partial charge in [-0.25, -0.2) is 9.69 Å². The number of carbonyl (C=O) groups excluding carboxylic acids is 3. The average Bonchev–Trinajstić information content (AvgIpc) is 2.61. The van der Waals surface area contributed by atoms with Gasteiger partial charge in [-0.05, 0) is 48.7 Å². The van der Waals surface area contributed by atoms with E-state index in [-0.39, 0.29) is 5.57 Å². The van der Waals surface area contributed by atoms with Gasteiger partial charge in [-0.3, -0.25) is 14.9 Å². The van der Waals surface area contributed by atoms with Gasteiger partial charge in [-0.1, -0.05) is 48.6 Å². The molecular weight excluding hydrogens is 328 g/mol. The van der Waals surface area contributed by atoms with Gasteiger partial charge in [0.05, 0.1) is 5.69 Å². The fourth-order valence-electron chi connectivity index (χ4n) is 2.60. The van der Waals surface area contributed by atoms with Crippen molar-refractivity contribution >= 4 is 29.6 Å². The number of nitrogens with one attached hydrogen (secondary N) is 1. The average molecular weight is 346 g/mol. The summed E-state index contributed by atoms with van der Waals surface area (Å²) in [7, 11) is 0. The van der Waals surface area contributed by atoms with Gasteiger partial charge in [0, 0.05) is 0 Å². The molecule has 1 heterocycles. The Labute approximate surface area is 151 Å². The molecule has 1 saturated heterocycles. The molecule has 0 aromatic heterocycles. The van der Waals surface area contributed by atoms with Crippen molar-refractivity contribution in [3.05, 3.63) is 82.9 Å². The number of barbiturate groups is 1. The zero-order valence-electron chi connectivity index (χ0n) is 14.5. The van der Waals surface area contributed by atoms with E-state index in [1.54, 1.807) is 24.3 Å². The van der Waals surface area contributed by atoms with Crippen LogP contribution >= 0.6 is 0 Å². The van der Waals surface area contributed by atoms with Crippen molar-refractivity contribution in [1.29, 1.82) is 0 Å². The summed E-state index contributed by atoms with van der Waals surface area (Å²) in [5.41, 5.74) is 3.29. The number of benzene rings is 2. The summed E-state index contributed by atoms with van der Waals surface area (Å²) in [5, 5.41) is 2.22. The summed E-state index contributed by atoms with van der Waals surface area (Å²) in [6.45, 7) is 3.84. The summed E-state index contributed by atoms with van der Waals surface area (Å²) in [4.78, 5) is 38.0. The minimum absolute atomic E-state index is 0.0880. The summed E-state index contributed by atoms with van der Waals surface area (Å²) in [5.74, 6) is -1.34. The molecule has 1 aliphatic heterocycles. The SMILES string of the molecule is Cc1ccc(N2C(=O)NC(=O)/C(=C\C=C\c3ccccc3)C2=O)cc1C. The Bertz CT molecular complexity index is 943. The van der Waals surface area contributed by atoms with Crippen LogP contribution in [0, 0.1) is 13.8 Å². The van der Waals surface area contributed by atoms with E-state index in [0.29, 0.717) is 5.69 Å². The lowest BCUT2D eigenvalue weighted by molar-refractivity contribution is -0.122. The maximum atomic E-state index is 12.7. The molecule has 2 aromatic carbocycles. The van der Waals surface area contributed by atoms with E-state index in [0.717, 1.165) is 21.6 Å². The van der Waals surface area contributed by atoms with Gasteiger partial charge in [0.1, 0.15) is 5.57 Å². The lowest BCUT2D eigenvalue weighted by Gasteiger charge is -2.26. The molecule has 26 heavy (non-hydrogen) atoms. The predicted octanol–water partition coefficient (Wildman–Crippen LogP) is 3.53. The van der Waals surface area contributed by atoms with Gasteiger partial charge >= 0.3 is 6.03 Å². The van der Waals surface area contributed by atoms with Gasteiger partial charge in [0.25, 0.3) is 11.8 Å². The Balaban J connectivity index is 1.91. The molecule has 0 unspecified atom stereocenters. The quantitative estimate of drug-likeness (QED) is 0.683. The minimum atomic E-state index is -0.743. The lowest BCUT2D eigenvalue weighted by atomic mass is 10.1. The Morgan fingerprint density at radius 2 is 1.65 bits per heavy atom. The number of nitrogens with zero attached hydrogens (tertiary/aromatic N) is 1. The van der Waals surface area contributed by atoms with E-state index in [2.05, 4.69) is 5.32 Å². The van der Waals surface area contributed by atoms with E-state index in [1.165, 1.54) is 6.08 Å². The Kier molecular flexibility index (Phi) is 4.80. The smallest absolute Gasteiger partial charge is 0.273 e. The van der Waals surface area contributed by atoms with E-state index in [1.807, 2.05) is 50.2 Å². The molecule has 4 amide bonds. The standard InChI is InChI=1S/C21H18N2O3/c1-14-11-12-17(13-15(14)2)23-20(25)18(19(24)22-21(23)26)10-6-9-16-7-4-3-5-8-16/h3-13H,1-2H3,(H,22,24,26)/b9-6+,18-10+. The topological polar surface area (TPSA) is 66.5 Å². The van der Waals surface area contributed by atoms with Crippen LogP contribution in [0.3, 0.4) is 0 Å². The van der Waals surface area contributed by atoms with Crippen LogP contribution in [-0.4, -0.2) is 17.8 Å². The van der Waals surface area contributed by atoms with Gasteiger partial charge in [-0.2, -0.15) is 0 Å². The molecule has 2 aromatic rings. The highest BCUT2D eigenvalue weighted by atomic mass is 16.2. The third-order valence-electron chi connectivity index (χ3n) is 4.20. The maximum absolute atomic E-state index is 12.7. The molecule has 0 atom stereocenters. The second-order valence-electron chi connectivity index (χ2n) is 6.02. The first kappa shape index (κ1) is 17.4. The number of urea groups is 1. The Morgan fingerprint density at radius 3 is 2.35 bits per heavy atom. The van der Waals surface area contributed by atoms with Crippen molar-refractivity contribution in [2.24, 2.45) is 0 Å². The molecule has 5 nitrogen and oxygen atoms in total. The summed E-state index contributed by atoms with van der Waals surface area (Å²) < 4.78 is 0. The van der Waals surface area contributed by atoms with Crippen LogP contribution in [0.2, 0.25) is 0 Å². The molecule has 0 radical (unpaired) electrons. The number of carbonyl (C=O) groups is 3. The number of allylic oxidation sites excluding steroid dienone is 2. The maximum Gasteiger partial charge on any atom is 0.335 e. The Morgan fingerprint density at radius 1 is 0.923 bits per heavy atom. The second kappa shape index (κ2) is 7.19. The van der Waals surface area contributed by atoms with E-state index in [4.69, 9.17) is 0 Å². The number of hydrogen-bond acceptors (Lipinski definition) is 3. The number of imide groups is 2. The highest BCUT2D eigenvalue weighted by Gasteiger charge is 2.36.